The van der Waals surface area contributed by atoms with Crippen LogP contribution in [0.5, 0.6) is 5.75 Å². The van der Waals surface area contributed by atoms with Crippen LogP contribution in [-0.2, 0) is 22.7 Å². The van der Waals surface area contributed by atoms with Crippen LogP contribution in [0.25, 0.3) is 22.3 Å². The lowest BCUT2D eigenvalue weighted by Gasteiger charge is -2.13. The van der Waals surface area contributed by atoms with E-state index in [4.69, 9.17) is 18.7 Å². The third kappa shape index (κ3) is 4.31. The molecule has 0 bridgehead atoms. The van der Waals surface area contributed by atoms with Gasteiger partial charge in [-0.05, 0) is 37.6 Å². The number of aromatic nitrogens is 3. The number of carbonyl (C=O) groups excluding carboxylic acids is 1. The lowest BCUT2D eigenvalue weighted by atomic mass is 10.0. The van der Waals surface area contributed by atoms with Crippen LogP contribution in [0.3, 0.4) is 0 Å². The molecule has 164 valence electrons. The molecule has 0 spiro atoms. The zero-order valence-corrected chi connectivity index (χ0v) is 18.1. The van der Waals surface area contributed by atoms with Crippen LogP contribution in [0.15, 0.2) is 53.1 Å². The molecule has 8 nitrogen and oxygen atoms in total. The SMILES string of the molecule is CCOc1ccccc1-c1noc(COC(=O)c2c(COC)nc3ccccc3c2C)n1. The maximum atomic E-state index is 13.0. The number of hydrogen-bond donors (Lipinski definition) is 0. The van der Waals surface area contributed by atoms with Crippen molar-refractivity contribution in [2.45, 2.75) is 27.1 Å². The number of hydrogen-bond acceptors (Lipinski definition) is 8. The van der Waals surface area contributed by atoms with Crippen LogP contribution in [0, 0.1) is 6.92 Å². The highest BCUT2D eigenvalue weighted by Gasteiger charge is 2.21. The second-order valence-corrected chi connectivity index (χ2v) is 7.03. The lowest BCUT2D eigenvalue weighted by Crippen LogP contribution is -2.13. The molecule has 0 N–H and O–H groups in total. The van der Waals surface area contributed by atoms with E-state index in [1.165, 1.54) is 0 Å². The Bertz CT molecular complexity index is 1250. The average Bonchev–Trinajstić information content (AvgIpc) is 3.27. The fourth-order valence-electron chi connectivity index (χ4n) is 3.51. The van der Waals surface area contributed by atoms with E-state index in [2.05, 4.69) is 15.1 Å². The summed E-state index contributed by atoms with van der Waals surface area (Å²) in [6, 6.07) is 15.0. The number of aryl methyl sites for hydroxylation is 1. The highest BCUT2D eigenvalue weighted by atomic mass is 16.6. The Morgan fingerprint density at radius 3 is 2.62 bits per heavy atom. The van der Waals surface area contributed by atoms with Crippen molar-refractivity contribution in [2.75, 3.05) is 13.7 Å². The second kappa shape index (κ2) is 9.57. The van der Waals surface area contributed by atoms with E-state index in [1.807, 2.05) is 62.4 Å². The van der Waals surface area contributed by atoms with Crippen molar-refractivity contribution >= 4 is 16.9 Å². The molecule has 4 aromatic rings. The molecular weight excluding hydrogens is 410 g/mol. The topological polar surface area (TPSA) is 96.6 Å². The average molecular weight is 433 g/mol. The van der Waals surface area contributed by atoms with Crippen molar-refractivity contribution in [1.82, 2.24) is 15.1 Å². The maximum absolute atomic E-state index is 13.0. The number of para-hydroxylation sites is 2. The predicted octanol–water partition coefficient (Wildman–Crippen LogP) is 4.50. The standard InChI is InChI=1S/C24H23N3O5/c1-4-30-20-12-8-6-10-17(20)23-26-21(32-27-23)14-31-24(28)22-15(2)16-9-5-7-11-18(16)25-19(22)13-29-3/h5-12H,4,13-14H2,1-3H3. The fourth-order valence-corrected chi connectivity index (χ4v) is 3.51. The summed E-state index contributed by atoms with van der Waals surface area (Å²) in [6.07, 6.45) is 0. The van der Waals surface area contributed by atoms with E-state index < -0.39 is 5.97 Å². The summed E-state index contributed by atoms with van der Waals surface area (Å²) in [7, 11) is 1.56. The Labute approximate surface area is 185 Å². The summed E-state index contributed by atoms with van der Waals surface area (Å²) >= 11 is 0. The Balaban J connectivity index is 1.56. The molecule has 0 saturated carbocycles. The highest BCUT2D eigenvalue weighted by Crippen LogP contribution is 2.28. The Morgan fingerprint density at radius 1 is 1.03 bits per heavy atom. The van der Waals surface area contributed by atoms with Crippen molar-refractivity contribution in [3.8, 4) is 17.1 Å². The molecular formula is C24H23N3O5. The quantitative estimate of drug-likeness (QED) is 0.375. The highest BCUT2D eigenvalue weighted by molar-refractivity contribution is 5.98. The zero-order chi connectivity index (χ0) is 22.5. The lowest BCUT2D eigenvalue weighted by molar-refractivity contribution is 0.0423. The number of esters is 1. The monoisotopic (exact) mass is 433 g/mol. The van der Waals surface area contributed by atoms with Gasteiger partial charge < -0.3 is 18.7 Å². The summed E-state index contributed by atoms with van der Waals surface area (Å²) < 4.78 is 21.6. The van der Waals surface area contributed by atoms with Gasteiger partial charge in [0.05, 0.1) is 35.6 Å². The van der Waals surface area contributed by atoms with Gasteiger partial charge in [0.2, 0.25) is 5.82 Å². The van der Waals surface area contributed by atoms with Crippen molar-refractivity contribution in [1.29, 1.82) is 0 Å². The van der Waals surface area contributed by atoms with Gasteiger partial charge in [0.25, 0.3) is 5.89 Å². The molecule has 2 aromatic heterocycles. The molecule has 2 heterocycles. The van der Waals surface area contributed by atoms with Gasteiger partial charge >= 0.3 is 5.97 Å². The van der Waals surface area contributed by atoms with E-state index in [9.17, 15) is 4.79 Å². The van der Waals surface area contributed by atoms with Gasteiger partial charge in [-0.15, -0.1) is 0 Å². The number of methoxy groups -OCH3 is 1. The van der Waals surface area contributed by atoms with Gasteiger partial charge in [0.1, 0.15) is 5.75 Å². The van der Waals surface area contributed by atoms with E-state index >= 15 is 0 Å². The molecule has 0 radical (unpaired) electrons. The molecule has 32 heavy (non-hydrogen) atoms. The van der Waals surface area contributed by atoms with Crippen molar-refractivity contribution in [3.05, 3.63) is 71.2 Å². The van der Waals surface area contributed by atoms with Gasteiger partial charge in [-0.3, -0.25) is 0 Å². The molecule has 0 aliphatic rings. The minimum Gasteiger partial charge on any atom is -0.493 e. The normalized spacial score (nSPS) is 11.0. The van der Waals surface area contributed by atoms with Crippen LogP contribution in [0.1, 0.15) is 34.4 Å². The van der Waals surface area contributed by atoms with E-state index in [0.29, 0.717) is 35.0 Å². The number of ether oxygens (including phenoxy) is 3. The molecule has 0 aliphatic heterocycles. The third-order valence-corrected chi connectivity index (χ3v) is 4.93. The Kier molecular flexibility index (Phi) is 6.42. The van der Waals surface area contributed by atoms with Crippen molar-refractivity contribution in [2.24, 2.45) is 0 Å². The van der Waals surface area contributed by atoms with E-state index in [1.54, 1.807) is 7.11 Å². The van der Waals surface area contributed by atoms with Gasteiger partial charge in [0.15, 0.2) is 6.61 Å². The summed E-state index contributed by atoms with van der Waals surface area (Å²) in [6.45, 7) is 4.31. The van der Waals surface area contributed by atoms with Gasteiger partial charge in [-0.2, -0.15) is 4.98 Å². The molecule has 4 rings (SSSR count). The summed E-state index contributed by atoms with van der Waals surface area (Å²) in [5.41, 5.74) is 3.18. The first kappa shape index (κ1) is 21.5. The molecule has 0 atom stereocenters. The summed E-state index contributed by atoms with van der Waals surface area (Å²) in [5, 5.41) is 4.88. The van der Waals surface area contributed by atoms with Crippen LogP contribution >= 0.6 is 0 Å². The summed E-state index contributed by atoms with van der Waals surface area (Å²) in [5.74, 6) is 0.673. The predicted molar refractivity (Wildman–Crippen MR) is 117 cm³/mol. The van der Waals surface area contributed by atoms with Gasteiger partial charge in [-0.1, -0.05) is 35.5 Å². The van der Waals surface area contributed by atoms with Crippen LogP contribution in [0.4, 0.5) is 0 Å². The van der Waals surface area contributed by atoms with Crippen molar-refractivity contribution in [3.63, 3.8) is 0 Å². The number of benzene rings is 2. The van der Waals surface area contributed by atoms with Crippen LogP contribution < -0.4 is 4.74 Å². The smallest absolute Gasteiger partial charge is 0.340 e. The van der Waals surface area contributed by atoms with E-state index in [-0.39, 0.29) is 19.1 Å². The van der Waals surface area contributed by atoms with Crippen LogP contribution in [-0.4, -0.2) is 34.8 Å². The first-order chi connectivity index (χ1) is 15.6. The van der Waals surface area contributed by atoms with Crippen LogP contribution in [0.2, 0.25) is 0 Å². The largest absolute Gasteiger partial charge is 0.493 e. The molecule has 0 aliphatic carbocycles. The Morgan fingerprint density at radius 2 is 1.81 bits per heavy atom. The van der Waals surface area contributed by atoms with Crippen molar-refractivity contribution < 1.29 is 23.5 Å². The van der Waals surface area contributed by atoms with Gasteiger partial charge in [0, 0.05) is 12.5 Å². The number of rotatable bonds is 8. The first-order valence-electron chi connectivity index (χ1n) is 10.2. The molecule has 2 aromatic carbocycles. The second-order valence-electron chi connectivity index (χ2n) is 7.03. The fraction of sp³-hybridized carbons (Fsp3) is 0.250. The number of fused-ring (bicyclic) bond motifs is 1. The number of pyridine rings is 1. The zero-order valence-electron chi connectivity index (χ0n) is 18.1. The molecule has 0 unspecified atom stereocenters. The van der Waals surface area contributed by atoms with E-state index in [0.717, 1.165) is 16.5 Å². The number of carbonyl (C=O) groups is 1. The molecule has 8 heteroatoms. The summed E-state index contributed by atoms with van der Waals surface area (Å²) in [4.78, 5) is 21.9. The third-order valence-electron chi connectivity index (χ3n) is 4.93. The Hall–Kier alpha value is -3.78. The van der Waals surface area contributed by atoms with Gasteiger partial charge in [-0.25, -0.2) is 9.78 Å². The molecule has 0 amide bonds. The maximum Gasteiger partial charge on any atom is 0.340 e. The minimum atomic E-state index is -0.526. The number of nitrogens with zero attached hydrogens (tertiary/aromatic N) is 3. The molecule has 0 fully saturated rings. The minimum absolute atomic E-state index is 0.165. The molecule has 0 saturated heterocycles. The first-order valence-corrected chi connectivity index (χ1v) is 10.2.